The van der Waals surface area contributed by atoms with Gasteiger partial charge in [0.1, 0.15) is 0 Å². The summed E-state index contributed by atoms with van der Waals surface area (Å²) in [6, 6.07) is 13.9. The van der Waals surface area contributed by atoms with Gasteiger partial charge in [0.25, 0.3) is 0 Å². The number of likely N-dealkylation sites (N-methyl/N-ethyl adjacent to an activating group) is 1. The highest BCUT2D eigenvalue weighted by molar-refractivity contribution is 5.33. The Morgan fingerprint density at radius 1 is 1.30 bits per heavy atom. The van der Waals surface area contributed by atoms with Crippen molar-refractivity contribution in [2.75, 3.05) is 20.7 Å². The van der Waals surface area contributed by atoms with E-state index in [0.29, 0.717) is 24.2 Å². The van der Waals surface area contributed by atoms with Gasteiger partial charge in [-0.25, -0.2) is 4.39 Å². The number of aliphatic hydroxyl groups is 1. The minimum atomic E-state index is -0.806. The molecular weight excluding hydrogens is 295 g/mol. The van der Waals surface area contributed by atoms with E-state index in [2.05, 4.69) is 6.07 Å². The number of methoxy groups -OCH3 is 1. The van der Waals surface area contributed by atoms with Crippen LogP contribution in [0.2, 0.25) is 0 Å². The molecule has 0 heterocycles. The SMILES string of the molecule is COc1ccc(C(O)CN(C)Cc2cccc(C#N)c2)cc1F. The number of halogens is 1. The monoisotopic (exact) mass is 314 g/mol. The van der Waals surface area contributed by atoms with Crippen molar-refractivity contribution in [1.82, 2.24) is 4.90 Å². The fourth-order valence-electron chi connectivity index (χ4n) is 2.41. The van der Waals surface area contributed by atoms with Gasteiger partial charge in [0, 0.05) is 13.1 Å². The Balaban J connectivity index is 2.00. The Hall–Kier alpha value is -2.42. The lowest BCUT2D eigenvalue weighted by atomic mass is 10.1. The third kappa shape index (κ3) is 4.52. The van der Waals surface area contributed by atoms with Crippen molar-refractivity contribution < 1.29 is 14.2 Å². The van der Waals surface area contributed by atoms with E-state index >= 15 is 0 Å². The van der Waals surface area contributed by atoms with Crippen LogP contribution in [0.3, 0.4) is 0 Å². The molecule has 1 N–H and O–H groups in total. The fourth-order valence-corrected chi connectivity index (χ4v) is 2.41. The summed E-state index contributed by atoms with van der Waals surface area (Å²) in [5, 5.41) is 19.2. The van der Waals surface area contributed by atoms with Crippen LogP contribution in [-0.4, -0.2) is 30.7 Å². The van der Waals surface area contributed by atoms with Gasteiger partial charge in [0.15, 0.2) is 11.6 Å². The third-order valence-electron chi connectivity index (χ3n) is 3.55. The molecule has 0 spiro atoms. The summed E-state index contributed by atoms with van der Waals surface area (Å²) < 4.78 is 18.6. The Labute approximate surface area is 135 Å². The summed E-state index contributed by atoms with van der Waals surface area (Å²) in [5.41, 5.74) is 2.09. The first-order valence-corrected chi connectivity index (χ1v) is 7.22. The fraction of sp³-hybridized carbons (Fsp3) is 0.278. The molecule has 120 valence electrons. The first-order valence-electron chi connectivity index (χ1n) is 7.22. The van der Waals surface area contributed by atoms with Gasteiger partial charge < -0.3 is 9.84 Å². The molecule has 2 aromatic carbocycles. The second kappa shape index (κ2) is 7.73. The highest BCUT2D eigenvalue weighted by Gasteiger charge is 2.14. The van der Waals surface area contributed by atoms with Crippen molar-refractivity contribution in [3.05, 3.63) is 65.0 Å². The first-order chi connectivity index (χ1) is 11.0. The second-order valence-corrected chi connectivity index (χ2v) is 5.42. The van der Waals surface area contributed by atoms with Crippen LogP contribution in [-0.2, 0) is 6.54 Å². The molecule has 0 aliphatic heterocycles. The number of benzene rings is 2. The number of nitriles is 1. The summed E-state index contributed by atoms with van der Waals surface area (Å²) in [4.78, 5) is 1.92. The maximum absolute atomic E-state index is 13.7. The summed E-state index contributed by atoms with van der Waals surface area (Å²) in [6.45, 7) is 0.938. The minimum absolute atomic E-state index is 0.155. The van der Waals surface area contributed by atoms with E-state index in [9.17, 15) is 9.50 Å². The quantitative estimate of drug-likeness (QED) is 0.891. The highest BCUT2D eigenvalue weighted by Crippen LogP contribution is 2.22. The molecule has 0 aliphatic rings. The molecule has 0 saturated carbocycles. The lowest BCUT2D eigenvalue weighted by Gasteiger charge is -2.21. The summed E-state index contributed by atoms with van der Waals surface area (Å²) in [6.07, 6.45) is -0.806. The molecule has 23 heavy (non-hydrogen) atoms. The van der Waals surface area contributed by atoms with E-state index in [4.69, 9.17) is 10.00 Å². The van der Waals surface area contributed by atoms with Gasteiger partial charge in [-0.1, -0.05) is 18.2 Å². The van der Waals surface area contributed by atoms with Crippen LogP contribution in [0.25, 0.3) is 0 Å². The molecular formula is C18H19FN2O2. The average molecular weight is 314 g/mol. The maximum atomic E-state index is 13.7. The Morgan fingerprint density at radius 2 is 2.09 bits per heavy atom. The van der Waals surface area contributed by atoms with Gasteiger partial charge in [0.2, 0.25) is 0 Å². The number of aliphatic hydroxyl groups excluding tert-OH is 1. The normalized spacial score (nSPS) is 12.0. The van der Waals surface area contributed by atoms with Gasteiger partial charge in [-0.05, 0) is 42.4 Å². The summed E-state index contributed by atoms with van der Waals surface area (Å²) in [5.74, 6) is -0.337. The van der Waals surface area contributed by atoms with Gasteiger partial charge in [0.05, 0.1) is 24.8 Å². The molecule has 0 fully saturated rings. The van der Waals surface area contributed by atoms with Crippen molar-refractivity contribution in [1.29, 1.82) is 5.26 Å². The molecule has 1 atom stereocenters. The Kier molecular flexibility index (Phi) is 5.69. The van der Waals surface area contributed by atoms with Crippen molar-refractivity contribution in [3.8, 4) is 11.8 Å². The molecule has 5 heteroatoms. The molecule has 0 aliphatic carbocycles. The van der Waals surface area contributed by atoms with E-state index in [1.807, 2.05) is 30.1 Å². The molecule has 0 saturated heterocycles. The Morgan fingerprint density at radius 3 is 2.74 bits per heavy atom. The molecule has 2 rings (SSSR count). The molecule has 0 bridgehead atoms. The molecule has 2 aromatic rings. The van der Waals surface area contributed by atoms with E-state index in [1.54, 1.807) is 12.1 Å². The van der Waals surface area contributed by atoms with Crippen LogP contribution >= 0.6 is 0 Å². The number of nitrogens with zero attached hydrogens (tertiary/aromatic N) is 2. The zero-order valence-corrected chi connectivity index (χ0v) is 13.2. The lowest BCUT2D eigenvalue weighted by molar-refractivity contribution is 0.123. The van der Waals surface area contributed by atoms with Crippen LogP contribution in [0.15, 0.2) is 42.5 Å². The molecule has 4 nitrogen and oxygen atoms in total. The zero-order chi connectivity index (χ0) is 16.8. The van der Waals surface area contributed by atoms with E-state index in [1.165, 1.54) is 19.2 Å². The number of ether oxygens (including phenoxy) is 1. The Bertz CT molecular complexity index is 712. The van der Waals surface area contributed by atoms with Gasteiger partial charge in [-0.3, -0.25) is 4.90 Å². The third-order valence-corrected chi connectivity index (χ3v) is 3.55. The highest BCUT2D eigenvalue weighted by atomic mass is 19.1. The number of rotatable bonds is 6. The predicted octanol–water partition coefficient (Wildman–Crippen LogP) is 2.87. The smallest absolute Gasteiger partial charge is 0.165 e. The molecule has 0 amide bonds. The van der Waals surface area contributed by atoms with Gasteiger partial charge >= 0.3 is 0 Å². The van der Waals surface area contributed by atoms with Crippen molar-refractivity contribution >= 4 is 0 Å². The predicted molar refractivity (Wildman–Crippen MR) is 85.4 cm³/mol. The van der Waals surface area contributed by atoms with Crippen LogP contribution in [0, 0.1) is 17.1 Å². The number of hydrogen-bond acceptors (Lipinski definition) is 4. The van der Waals surface area contributed by atoms with Crippen molar-refractivity contribution in [2.24, 2.45) is 0 Å². The van der Waals surface area contributed by atoms with E-state index in [0.717, 1.165) is 5.56 Å². The van der Waals surface area contributed by atoms with Gasteiger partial charge in [-0.15, -0.1) is 0 Å². The zero-order valence-electron chi connectivity index (χ0n) is 13.2. The van der Waals surface area contributed by atoms with Crippen molar-refractivity contribution in [3.63, 3.8) is 0 Å². The standard InChI is InChI=1S/C18H19FN2O2/c1-21(11-14-5-3-4-13(8-14)10-20)12-17(22)15-6-7-18(23-2)16(19)9-15/h3-9,17,22H,11-12H2,1-2H3. The summed E-state index contributed by atoms with van der Waals surface area (Å²) >= 11 is 0. The van der Waals surface area contributed by atoms with Crippen LogP contribution in [0.5, 0.6) is 5.75 Å². The lowest BCUT2D eigenvalue weighted by Crippen LogP contribution is -2.24. The van der Waals surface area contributed by atoms with E-state index in [-0.39, 0.29) is 5.75 Å². The van der Waals surface area contributed by atoms with Crippen LogP contribution in [0.1, 0.15) is 22.8 Å². The minimum Gasteiger partial charge on any atom is -0.494 e. The van der Waals surface area contributed by atoms with Crippen LogP contribution in [0.4, 0.5) is 4.39 Å². The first kappa shape index (κ1) is 16.9. The largest absolute Gasteiger partial charge is 0.494 e. The second-order valence-electron chi connectivity index (χ2n) is 5.42. The maximum Gasteiger partial charge on any atom is 0.165 e. The molecule has 1 unspecified atom stereocenters. The molecule has 0 aromatic heterocycles. The molecule has 0 radical (unpaired) electrons. The van der Waals surface area contributed by atoms with Crippen molar-refractivity contribution in [2.45, 2.75) is 12.6 Å². The summed E-state index contributed by atoms with van der Waals surface area (Å²) in [7, 11) is 3.26. The number of hydrogen-bond donors (Lipinski definition) is 1. The average Bonchev–Trinajstić information content (AvgIpc) is 2.54. The topological polar surface area (TPSA) is 56.5 Å². The van der Waals surface area contributed by atoms with Gasteiger partial charge in [-0.2, -0.15) is 5.26 Å². The van der Waals surface area contributed by atoms with E-state index < -0.39 is 11.9 Å². The van der Waals surface area contributed by atoms with Crippen LogP contribution < -0.4 is 4.74 Å².